The minimum absolute atomic E-state index is 0.191. The summed E-state index contributed by atoms with van der Waals surface area (Å²) in [5.74, 6) is -1.30. The Kier molecular flexibility index (Phi) is 12.8. The molecule has 7 nitrogen and oxygen atoms in total. The van der Waals surface area contributed by atoms with Crippen molar-refractivity contribution < 1.29 is 14.7 Å². The molecular weight excluding hydrogens is 602 g/mol. The smallest absolute Gasteiger partial charge is 0.375 e. The van der Waals surface area contributed by atoms with Crippen molar-refractivity contribution in [2.75, 3.05) is 13.1 Å². The van der Waals surface area contributed by atoms with Crippen molar-refractivity contribution in [2.24, 2.45) is 0 Å². The summed E-state index contributed by atoms with van der Waals surface area (Å²) in [7, 11) is 0. The third-order valence-corrected chi connectivity index (χ3v) is 6.67. The molecule has 37 heavy (non-hydrogen) atoms. The lowest BCUT2D eigenvalue weighted by atomic mass is 10.2. The zero-order chi connectivity index (χ0) is 27.6. The lowest BCUT2D eigenvalue weighted by molar-refractivity contribution is 0.0683. The number of carboxylic acids is 1. The molecule has 3 rings (SSSR count). The first-order valence-corrected chi connectivity index (χ1v) is 14.0. The number of carbonyl (C=O) groups is 2. The normalized spacial score (nSPS) is 11.0. The molecule has 0 spiro atoms. The predicted octanol–water partition coefficient (Wildman–Crippen LogP) is 8.26. The molecule has 1 aromatic heterocycles. The summed E-state index contributed by atoms with van der Waals surface area (Å²) in [5.41, 5.74) is 1.50. The molecule has 0 atom stereocenters. The molecule has 0 radical (unpaired) electrons. The number of hydrogen-bond acceptors (Lipinski definition) is 5. The Balaban J connectivity index is 0.000000264. The van der Waals surface area contributed by atoms with Crippen molar-refractivity contribution in [1.29, 1.82) is 0 Å². The van der Waals surface area contributed by atoms with Gasteiger partial charge >= 0.3 is 5.97 Å². The maximum Gasteiger partial charge on any atom is 0.375 e. The average Bonchev–Trinajstić information content (AvgIpc) is 3.30. The quantitative estimate of drug-likeness (QED) is 0.253. The van der Waals surface area contributed by atoms with E-state index in [0.717, 1.165) is 36.4 Å². The fourth-order valence-electron chi connectivity index (χ4n) is 3.05. The second-order valence-electron chi connectivity index (χ2n) is 7.60. The standard InChI is InChI=1S/C14H21NOS.C10H4Cl5N3O2/c1-3-10-15(11-4-2)14(16)17-12-13-8-6-5-7-9-13;11-4-1-2-6(5(12)3-4)18-9(10(13,14)15)16-7(17-18)8(19)20/h5-9H,3-4,10-12H2,1-2H3;1-3H,(H,19,20). The molecule has 0 aliphatic heterocycles. The van der Waals surface area contributed by atoms with E-state index in [9.17, 15) is 9.59 Å². The molecule has 2 aromatic carbocycles. The molecule has 0 unspecified atom stereocenters. The summed E-state index contributed by atoms with van der Waals surface area (Å²) in [6.45, 7) is 5.96. The minimum atomic E-state index is -1.97. The number of carbonyl (C=O) groups excluding carboxylic acids is 1. The summed E-state index contributed by atoms with van der Waals surface area (Å²) >= 11 is 30.5. The van der Waals surface area contributed by atoms with Gasteiger partial charge in [-0.25, -0.2) is 14.5 Å². The first-order valence-electron chi connectivity index (χ1n) is 11.2. The van der Waals surface area contributed by atoms with Gasteiger partial charge in [0, 0.05) is 23.9 Å². The van der Waals surface area contributed by atoms with Gasteiger partial charge < -0.3 is 10.0 Å². The molecule has 0 saturated heterocycles. The van der Waals surface area contributed by atoms with Crippen molar-refractivity contribution in [3.05, 3.63) is 75.8 Å². The third-order valence-electron chi connectivity index (χ3n) is 4.64. The van der Waals surface area contributed by atoms with Crippen LogP contribution in [-0.2, 0) is 9.55 Å². The Morgan fingerprint density at radius 2 is 1.65 bits per heavy atom. The number of hydrogen-bond donors (Lipinski definition) is 1. The number of aromatic carboxylic acids is 1. The fourth-order valence-corrected chi connectivity index (χ4v) is 4.76. The number of thioether (sulfide) groups is 1. The van der Waals surface area contributed by atoms with Crippen LogP contribution >= 0.6 is 69.8 Å². The van der Waals surface area contributed by atoms with E-state index in [2.05, 4.69) is 36.1 Å². The number of halogens is 5. The highest BCUT2D eigenvalue weighted by Gasteiger charge is 2.33. The highest BCUT2D eigenvalue weighted by atomic mass is 35.6. The molecule has 0 saturated carbocycles. The fraction of sp³-hybridized carbons (Fsp3) is 0.333. The van der Waals surface area contributed by atoms with Crippen LogP contribution in [0.3, 0.4) is 0 Å². The molecule has 3 aromatic rings. The Morgan fingerprint density at radius 3 is 2.16 bits per heavy atom. The second-order valence-corrected chi connectivity index (χ2v) is 11.6. The number of carboxylic acid groups (broad SMARTS) is 1. The monoisotopic (exact) mass is 624 g/mol. The molecule has 1 heterocycles. The van der Waals surface area contributed by atoms with Crippen LogP contribution in [0.15, 0.2) is 48.5 Å². The number of aromatic nitrogens is 3. The summed E-state index contributed by atoms with van der Waals surface area (Å²) < 4.78 is -0.918. The number of nitrogens with zero attached hydrogens (tertiary/aromatic N) is 4. The molecule has 0 aliphatic rings. The van der Waals surface area contributed by atoms with E-state index in [1.165, 1.54) is 35.5 Å². The van der Waals surface area contributed by atoms with Crippen LogP contribution in [0.2, 0.25) is 10.0 Å². The van der Waals surface area contributed by atoms with E-state index in [1.807, 2.05) is 23.1 Å². The van der Waals surface area contributed by atoms with Gasteiger partial charge in [0.2, 0.25) is 3.79 Å². The number of alkyl halides is 3. The molecule has 0 bridgehead atoms. The first kappa shape index (κ1) is 31.5. The van der Waals surface area contributed by atoms with Gasteiger partial charge in [-0.15, -0.1) is 5.10 Å². The SMILES string of the molecule is CCCN(CCC)C(=O)SCc1ccccc1.O=C(O)c1nc(C(Cl)(Cl)Cl)n(-c2ccc(Cl)cc2Cl)n1. The van der Waals surface area contributed by atoms with Gasteiger partial charge in [-0.3, -0.25) is 4.79 Å². The lowest BCUT2D eigenvalue weighted by Crippen LogP contribution is -2.29. The van der Waals surface area contributed by atoms with Crippen LogP contribution in [0.25, 0.3) is 5.69 Å². The largest absolute Gasteiger partial charge is 0.475 e. The maximum absolute atomic E-state index is 12.0. The number of rotatable bonds is 8. The Labute approximate surface area is 245 Å². The molecule has 1 N–H and O–H groups in total. The van der Waals surface area contributed by atoms with E-state index >= 15 is 0 Å². The second kappa shape index (κ2) is 15.0. The van der Waals surface area contributed by atoms with Crippen LogP contribution in [0.4, 0.5) is 4.79 Å². The maximum atomic E-state index is 12.0. The lowest BCUT2D eigenvalue weighted by Gasteiger charge is -2.20. The van der Waals surface area contributed by atoms with Gasteiger partial charge in [-0.05, 0) is 36.6 Å². The zero-order valence-electron chi connectivity index (χ0n) is 20.0. The summed E-state index contributed by atoms with van der Waals surface area (Å²) in [6.07, 6.45) is 2.05. The number of benzene rings is 2. The van der Waals surface area contributed by atoms with Crippen molar-refractivity contribution in [1.82, 2.24) is 19.7 Å². The van der Waals surface area contributed by atoms with Crippen molar-refractivity contribution in [3.63, 3.8) is 0 Å². The van der Waals surface area contributed by atoms with Crippen LogP contribution in [-0.4, -0.2) is 49.1 Å². The molecule has 0 aliphatic carbocycles. The van der Waals surface area contributed by atoms with Gasteiger partial charge in [0.25, 0.3) is 11.1 Å². The van der Waals surface area contributed by atoms with Crippen LogP contribution in [0.5, 0.6) is 0 Å². The van der Waals surface area contributed by atoms with Crippen molar-refractivity contribution >= 4 is 81.0 Å². The van der Waals surface area contributed by atoms with Gasteiger partial charge in [0.1, 0.15) is 0 Å². The van der Waals surface area contributed by atoms with E-state index < -0.39 is 15.6 Å². The summed E-state index contributed by atoms with van der Waals surface area (Å²) in [5, 5.41) is 13.5. The molecule has 0 fully saturated rings. The van der Waals surface area contributed by atoms with Crippen molar-refractivity contribution in [3.8, 4) is 5.69 Å². The number of amides is 1. The topological polar surface area (TPSA) is 88.3 Å². The third kappa shape index (κ3) is 9.85. The van der Waals surface area contributed by atoms with E-state index in [0.29, 0.717) is 5.02 Å². The van der Waals surface area contributed by atoms with Gasteiger partial charge in [0.15, 0.2) is 5.82 Å². The highest BCUT2D eigenvalue weighted by Crippen LogP contribution is 2.39. The predicted molar refractivity (Wildman–Crippen MR) is 153 cm³/mol. The summed E-state index contributed by atoms with van der Waals surface area (Å²) in [4.78, 5) is 28.6. The van der Waals surface area contributed by atoms with Crippen LogP contribution < -0.4 is 0 Å². The average molecular weight is 627 g/mol. The zero-order valence-corrected chi connectivity index (χ0v) is 24.6. The molecular formula is C24H25Cl5N4O3S. The highest BCUT2D eigenvalue weighted by molar-refractivity contribution is 8.12. The van der Waals surface area contributed by atoms with Gasteiger partial charge in [-0.1, -0.05) is 114 Å². The van der Waals surface area contributed by atoms with Gasteiger partial charge in [0.05, 0.1) is 10.7 Å². The van der Waals surface area contributed by atoms with E-state index in [-0.39, 0.29) is 21.8 Å². The van der Waals surface area contributed by atoms with Crippen LogP contribution in [0, 0.1) is 0 Å². The Morgan fingerprint density at radius 1 is 1.03 bits per heavy atom. The van der Waals surface area contributed by atoms with Gasteiger partial charge in [-0.2, -0.15) is 0 Å². The summed E-state index contributed by atoms with van der Waals surface area (Å²) in [6, 6.07) is 14.6. The molecule has 200 valence electrons. The molecule has 13 heteroatoms. The Bertz CT molecular complexity index is 1180. The molecule has 1 amide bonds. The first-order chi connectivity index (χ1) is 17.5. The van der Waals surface area contributed by atoms with Crippen molar-refractivity contribution in [2.45, 2.75) is 36.2 Å². The minimum Gasteiger partial charge on any atom is -0.475 e. The van der Waals surface area contributed by atoms with Crippen LogP contribution in [0.1, 0.15) is 48.7 Å². The Hall–Kier alpha value is -1.68. The van der Waals surface area contributed by atoms with E-state index in [4.69, 9.17) is 63.1 Å². The van der Waals surface area contributed by atoms with E-state index in [1.54, 1.807) is 0 Å².